The Morgan fingerprint density at radius 2 is 2.11 bits per heavy atom. The van der Waals surface area contributed by atoms with Gasteiger partial charge in [0.2, 0.25) is 0 Å². The van der Waals surface area contributed by atoms with Crippen LogP contribution < -0.4 is 5.32 Å². The molecule has 0 atom stereocenters. The molecule has 5 heteroatoms. The van der Waals surface area contributed by atoms with Crippen molar-refractivity contribution in [1.82, 2.24) is 4.98 Å². The quantitative estimate of drug-likeness (QED) is 0.925. The molecular formula is C13H11BrF2N2. The number of pyridine rings is 1. The molecular weight excluding hydrogens is 302 g/mol. The first-order valence-corrected chi connectivity index (χ1v) is 6.15. The van der Waals surface area contributed by atoms with E-state index < -0.39 is 11.6 Å². The number of benzene rings is 1. The number of aromatic nitrogens is 1. The van der Waals surface area contributed by atoms with Crippen molar-refractivity contribution in [2.24, 2.45) is 0 Å². The Morgan fingerprint density at radius 1 is 1.33 bits per heavy atom. The van der Waals surface area contributed by atoms with Gasteiger partial charge < -0.3 is 5.32 Å². The Kier molecular flexibility index (Phi) is 3.91. The van der Waals surface area contributed by atoms with E-state index in [4.69, 9.17) is 0 Å². The molecule has 1 heterocycles. The van der Waals surface area contributed by atoms with Gasteiger partial charge in [0.1, 0.15) is 11.6 Å². The fraction of sp³-hybridized carbons (Fsp3) is 0.154. The molecule has 2 rings (SSSR count). The number of hydrogen-bond acceptors (Lipinski definition) is 2. The first kappa shape index (κ1) is 13.0. The summed E-state index contributed by atoms with van der Waals surface area (Å²) >= 11 is 3.13. The molecule has 0 saturated carbocycles. The highest BCUT2D eigenvalue weighted by Crippen LogP contribution is 2.27. The summed E-state index contributed by atoms with van der Waals surface area (Å²) in [5.41, 5.74) is 2.28. The number of halogens is 3. The van der Waals surface area contributed by atoms with Gasteiger partial charge in [-0.05, 0) is 46.1 Å². The predicted molar refractivity (Wildman–Crippen MR) is 70.4 cm³/mol. The molecule has 0 unspecified atom stereocenters. The van der Waals surface area contributed by atoms with Crippen molar-refractivity contribution < 1.29 is 8.78 Å². The van der Waals surface area contributed by atoms with Gasteiger partial charge in [-0.2, -0.15) is 0 Å². The third-order valence-corrected chi connectivity index (χ3v) is 3.24. The highest BCUT2D eigenvalue weighted by atomic mass is 79.9. The molecule has 1 N–H and O–H groups in total. The van der Waals surface area contributed by atoms with Gasteiger partial charge >= 0.3 is 0 Å². The van der Waals surface area contributed by atoms with E-state index in [1.807, 2.05) is 13.0 Å². The molecule has 0 aliphatic rings. The zero-order valence-electron chi connectivity index (χ0n) is 9.67. The van der Waals surface area contributed by atoms with E-state index in [9.17, 15) is 8.78 Å². The minimum Gasteiger partial charge on any atom is -0.378 e. The molecule has 0 aliphatic heterocycles. The molecule has 2 aromatic rings. The van der Waals surface area contributed by atoms with Crippen LogP contribution in [0.2, 0.25) is 0 Å². The van der Waals surface area contributed by atoms with Gasteiger partial charge in [-0.15, -0.1) is 0 Å². The zero-order valence-corrected chi connectivity index (χ0v) is 11.3. The van der Waals surface area contributed by atoms with E-state index in [-0.39, 0.29) is 5.69 Å². The third-order valence-electron chi connectivity index (χ3n) is 2.61. The van der Waals surface area contributed by atoms with Crippen LogP contribution in [-0.2, 0) is 6.54 Å². The van der Waals surface area contributed by atoms with Gasteiger partial charge in [0.05, 0.1) is 5.69 Å². The SMILES string of the molecule is Cc1ccncc1CNc1c(F)cc(F)cc1Br. The summed E-state index contributed by atoms with van der Waals surface area (Å²) in [7, 11) is 0. The first-order valence-electron chi connectivity index (χ1n) is 5.36. The summed E-state index contributed by atoms with van der Waals surface area (Å²) < 4.78 is 26.9. The van der Waals surface area contributed by atoms with Crippen LogP contribution in [0, 0.1) is 18.6 Å². The van der Waals surface area contributed by atoms with E-state index in [1.165, 1.54) is 6.07 Å². The second-order valence-electron chi connectivity index (χ2n) is 3.90. The summed E-state index contributed by atoms with van der Waals surface area (Å²) in [6.45, 7) is 2.38. The maximum Gasteiger partial charge on any atom is 0.150 e. The van der Waals surface area contributed by atoms with Crippen LogP contribution in [0.4, 0.5) is 14.5 Å². The van der Waals surface area contributed by atoms with Crippen molar-refractivity contribution >= 4 is 21.6 Å². The number of aryl methyl sites for hydroxylation is 1. The van der Waals surface area contributed by atoms with Crippen molar-refractivity contribution in [3.05, 3.63) is 57.8 Å². The van der Waals surface area contributed by atoms with E-state index in [0.717, 1.165) is 17.2 Å². The third kappa shape index (κ3) is 2.85. The van der Waals surface area contributed by atoms with Crippen LogP contribution >= 0.6 is 15.9 Å². The number of rotatable bonds is 3. The number of anilines is 1. The minimum atomic E-state index is -0.622. The summed E-state index contributed by atoms with van der Waals surface area (Å²) in [6, 6.07) is 3.96. The monoisotopic (exact) mass is 312 g/mol. The lowest BCUT2D eigenvalue weighted by Gasteiger charge is -2.11. The molecule has 0 spiro atoms. The fourth-order valence-electron chi connectivity index (χ4n) is 1.58. The Bertz CT molecular complexity index is 550. The van der Waals surface area contributed by atoms with Gasteiger partial charge in [0.25, 0.3) is 0 Å². The van der Waals surface area contributed by atoms with E-state index >= 15 is 0 Å². The van der Waals surface area contributed by atoms with Crippen LogP contribution in [0.25, 0.3) is 0 Å². The number of nitrogens with zero attached hydrogens (tertiary/aromatic N) is 1. The maximum absolute atomic E-state index is 13.6. The summed E-state index contributed by atoms with van der Waals surface area (Å²) in [5, 5.41) is 2.94. The van der Waals surface area contributed by atoms with Crippen molar-refractivity contribution in [2.45, 2.75) is 13.5 Å². The topological polar surface area (TPSA) is 24.9 Å². The summed E-state index contributed by atoms with van der Waals surface area (Å²) in [6.07, 6.45) is 3.42. The van der Waals surface area contributed by atoms with Crippen LogP contribution in [0.3, 0.4) is 0 Å². The second-order valence-corrected chi connectivity index (χ2v) is 4.75. The Morgan fingerprint density at radius 3 is 2.78 bits per heavy atom. The molecule has 0 bridgehead atoms. The van der Waals surface area contributed by atoms with Crippen LogP contribution in [-0.4, -0.2) is 4.98 Å². The summed E-state index contributed by atoms with van der Waals surface area (Å²) in [4.78, 5) is 4.01. The molecule has 0 aliphatic carbocycles. The van der Waals surface area contributed by atoms with E-state index in [2.05, 4.69) is 26.2 Å². The minimum absolute atomic E-state index is 0.250. The van der Waals surface area contributed by atoms with Crippen molar-refractivity contribution in [3.63, 3.8) is 0 Å². The highest BCUT2D eigenvalue weighted by Gasteiger charge is 2.09. The van der Waals surface area contributed by atoms with Crippen molar-refractivity contribution in [3.8, 4) is 0 Å². The smallest absolute Gasteiger partial charge is 0.150 e. The molecule has 0 fully saturated rings. The maximum atomic E-state index is 13.6. The van der Waals surface area contributed by atoms with Gasteiger partial charge in [-0.3, -0.25) is 4.98 Å². The first-order chi connectivity index (χ1) is 8.58. The number of hydrogen-bond donors (Lipinski definition) is 1. The Balaban J connectivity index is 2.19. The van der Waals surface area contributed by atoms with Gasteiger partial charge in [-0.25, -0.2) is 8.78 Å². The molecule has 0 amide bonds. The molecule has 1 aromatic heterocycles. The van der Waals surface area contributed by atoms with E-state index in [0.29, 0.717) is 11.0 Å². The van der Waals surface area contributed by atoms with Crippen molar-refractivity contribution in [1.29, 1.82) is 0 Å². The van der Waals surface area contributed by atoms with Gasteiger partial charge in [0.15, 0.2) is 0 Å². The largest absolute Gasteiger partial charge is 0.378 e. The van der Waals surface area contributed by atoms with Gasteiger partial charge in [0, 0.05) is 29.5 Å². The van der Waals surface area contributed by atoms with Crippen LogP contribution in [0.1, 0.15) is 11.1 Å². The van der Waals surface area contributed by atoms with Crippen LogP contribution in [0.15, 0.2) is 35.1 Å². The lowest BCUT2D eigenvalue weighted by molar-refractivity contribution is 0.583. The zero-order chi connectivity index (χ0) is 13.1. The highest BCUT2D eigenvalue weighted by molar-refractivity contribution is 9.10. The molecule has 0 radical (unpaired) electrons. The fourth-order valence-corrected chi connectivity index (χ4v) is 2.12. The Hall–Kier alpha value is -1.49. The normalized spacial score (nSPS) is 10.4. The molecule has 18 heavy (non-hydrogen) atoms. The molecule has 1 aromatic carbocycles. The lowest BCUT2D eigenvalue weighted by Crippen LogP contribution is -2.04. The van der Waals surface area contributed by atoms with Crippen LogP contribution in [0.5, 0.6) is 0 Å². The molecule has 94 valence electrons. The van der Waals surface area contributed by atoms with Crippen molar-refractivity contribution in [2.75, 3.05) is 5.32 Å². The summed E-state index contributed by atoms with van der Waals surface area (Å²) in [5.74, 6) is -1.23. The average Bonchev–Trinajstić information content (AvgIpc) is 2.30. The standard InChI is InChI=1S/C13H11BrF2N2/c1-8-2-3-17-6-9(8)7-18-13-11(14)4-10(15)5-12(13)16/h2-6,18H,7H2,1H3. The molecule has 0 saturated heterocycles. The number of nitrogens with one attached hydrogen (secondary N) is 1. The van der Waals surface area contributed by atoms with E-state index in [1.54, 1.807) is 12.4 Å². The lowest BCUT2D eigenvalue weighted by atomic mass is 10.1. The second kappa shape index (κ2) is 5.44. The Labute approximate surface area is 112 Å². The predicted octanol–water partition coefficient (Wildman–Crippen LogP) is 4.04. The van der Waals surface area contributed by atoms with Gasteiger partial charge in [-0.1, -0.05) is 0 Å². The average molecular weight is 313 g/mol. The molecule has 2 nitrogen and oxygen atoms in total.